The molecule has 0 saturated carbocycles. The predicted octanol–water partition coefficient (Wildman–Crippen LogP) is 1.96. The zero-order chi connectivity index (χ0) is 12.6. The van der Waals surface area contributed by atoms with Gasteiger partial charge in [0.1, 0.15) is 0 Å². The smallest absolute Gasteiger partial charge is 0.0809 e. The molecule has 0 radical (unpaired) electrons. The maximum atomic E-state index is 10.6. The first-order valence-electron chi connectivity index (χ1n) is 6.21. The molecule has 92 valence electrons. The number of fused-ring (bicyclic) bond motifs is 2. The Balaban J connectivity index is 2.17. The van der Waals surface area contributed by atoms with Gasteiger partial charge in [0.15, 0.2) is 0 Å². The van der Waals surface area contributed by atoms with Crippen LogP contribution in [0, 0.1) is 5.92 Å². The largest absolute Gasteiger partial charge is 0.391 e. The fourth-order valence-corrected chi connectivity index (χ4v) is 2.86. The molecule has 0 spiro atoms. The molecule has 0 aromatic heterocycles. The molecule has 0 aliphatic heterocycles. The number of allylic oxidation sites excluding steroid dienone is 2. The van der Waals surface area contributed by atoms with Crippen molar-refractivity contribution in [3.05, 3.63) is 72.4 Å². The van der Waals surface area contributed by atoms with Gasteiger partial charge in [-0.05, 0) is 5.56 Å². The van der Waals surface area contributed by atoms with E-state index in [1.54, 1.807) is 6.08 Å². The molecule has 0 fully saturated rings. The molecule has 2 bridgehead atoms. The molecule has 1 aromatic rings. The lowest BCUT2D eigenvalue weighted by Crippen LogP contribution is -2.47. The van der Waals surface area contributed by atoms with E-state index in [4.69, 9.17) is 0 Å². The van der Waals surface area contributed by atoms with E-state index in [0.717, 1.165) is 5.56 Å². The first-order valence-corrected chi connectivity index (χ1v) is 6.21. The van der Waals surface area contributed by atoms with Gasteiger partial charge in [0.2, 0.25) is 0 Å². The summed E-state index contributed by atoms with van der Waals surface area (Å²) in [6.45, 7) is 0. The molecule has 2 heteroatoms. The molecule has 1 aromatic carbocycles. The first kappa shape index (κ1) is 11.5. The van der Waals surface area contributed by atoms with Crippen molar-refractivity contribution in [2.45, 2.75) is 17.6 Å². The summed E-state index contributed by atoms with van der Waals surface area (Å²) in [5.74, 6) is -0.259. The standard InChI is InChI=1S/C16H16O2/c17-14-9-11-16(12-6-2-1-3-7-12)10-5-4-8-13(14)15(16)18/h1-11,13-15,17-18H. The van der Waals surface area contributed by atoms with Crippen molar-refractivity contribution in [1.29, 1.82) is 0 Å². The monoisotopic (exact) mass is 240 g/mol. The van der Waals surface area contributed by atoms with E-state index in [0.29, 0.717) is 0 Å². The number of aliphatic hydroxyl groups is 2. The summed E-state index contributed by atoms with van der Waals surface area (Å²) in [6, 6.07) is 9.92. The molecule has 2 N–H and O–H groups in total. The molecule has 4 unspecified atom stereocenters. The molecule has 2 nitrogen and oxygen atoms in total. The number of hydrogen-bond donors (Lipinski definition) is 2. The minimum atomic E-state index is -0.644. The van der Waals surface area contributed by atoms with Crippen LogP contribution in [0.4, 0.5) is 0 Å². The highest BCUT2D eigenvalue weighted by atomic mass is 16.3. The van der Waals surface area contributed by atoms with E-state index in [9.17, 15) is 10.2 Å². The molecule has 2 aliphatic rings. The molecule has 3 rings (SSSR count). The first-order chi connectivity index (χ1) is 8.74. The Morgan fingerprint density at radius 2 is 1.67 bits per heavy atom. The molecule has 0 heterocycles. The minimum absolute atomic E-state index is 0.259. The van der Waals surface area contributed by atoms with Crippen molar-refractivity contribution >= 4 is 0 Å². The Morgan fingerprint density at radius 3 is 2.44 bits per heavy atom. The third-order valence-electron chi connectivity index (χ3n) is 3.91. The van der Waals surface area contributed by atoms with Gasteiger partial charge in [0, 0.05) is 5.92 Å². The van der Waals surface area contributed by atoms with Gasteiger partial charge in [-0.2, -0.15) is 0 Å². The summed E-state index contributed by atoms with van der Waals surface area (Å²) >= 11 is 0. The van der Waals surface area contributed by atoms with E-state index >= 15 is 0 Å². The van der Waals surface area contributed by atoms with Crippen LogP contribution in [-0.4, -0.2) is 22.4 Å². The van der Waals surface area contributed by atoms with Gasteiger partial charge < -0.3 is 10.2 Å². The van der Waals surface area contributed by atoms with Crippen LogP contribution in [0.25, 0.3) is 0 Å². The summed E-state index contributed by atoms with van der Waals surface area (Å²) in [5, 5.41) is 20.6. The second-order valence-corrected chi connectivity index (χ2v) is 4.91. The zero-order valence-electron chi connectivity index (χ0n) is 9.98. The lowest BCUT2D eigenvalue weighted by atomic mass is 9.67. The van der Waals surface area contributed by atoms with Crippen LogP contribution in [-0.2, 0) is 5.41 Å². The molecule has 0 amide bonds. The average Bonchev–Trinajstić information content (AvgIpc) is 2.51. The highest BCUT2D eigenvalue weighted by Gasteiger charge is 2.44. The Hall–Kier alpha value is -1.64. The van der Waals surface area contributed by atoms with Crippen LogP contribution in [0.1, 0.15) is 5.56 Å². The van der Waals surface area contributed by atoms with Gasteiger partial charge >= 0.3 is 0 Å². The molecular formula is C16H16O2. The third kappa shape index (κ3) is 1.57. The molecule has 4 atom stereocenters. The number of aliphatic hydroxyl groups excluding tert-OH is 2. The van der Waals surface area contributed by atoms with Crippen LogP contribution < -0.4 is 0 Å². The summed E-state index contributed by atoms with van der Waals surface area (Å²) < 4.78 is 0. The van der Waals surface area contributed by atoms with Crippen LogP contribution in [0.2, 0.25) is 0 Å². The van der Waals surface area contributed by atoms with Crippen LogP contribution in [0.15, 0.2) is 66.8 Å². The van der Waals surface area contributed by atoms with Crippen LogP contribution in [0.5, 0.6) is 0 Å². The summed E-state index contributed by atoms with van der Waals surface area (Å²) in [7, 11) is 0. The molecular weight excluding hydrogens is 224 g/mol. The maximum Gasteiger partial charge on any atom is 0.0809 e. The number of hydrogen-bond acceptors (Lipinski definition) is 2. The van der Waals surface area contributed by atoms with Gasteiger partial charge in [-0.15, -0.1) is 0 Å². The maximum absolute atomic E-state index is 10.6. The van der Waals surface area contributed by atoms with Gasteiger partial charge in [-0.1, -0.05) is 66.8 Å². The average molecular weight is 240 g/mol. The highest BCUT2D eigenvalue weighted by molar-refractivity contribution is 5.44. The quantitative estimate of drug-likeness (QED) is 0.737. The summed E-state index contributed by atoms with van der Waals surface area (Å²) in [5.41, 5.74) is 0.514. The Kier molecular flexibility index (Phi) is 2.69. The minimum Gasteiger partial charge on any atom is -0.391 e. The number of rotatable bonds is 1. The van der Waals surface area contributed by atoms with E-state index in [1.165, 1.54) is 0 Å². The van der Waals surface area contributed by atoms with Crippen molar-refractivity contribution in [2.24, 2.45) is 5.92 Å². The SMILES string of the molecule is OC1C=CC2(c3ccccc3)C=CC=CC1C2O. The topological polar surface area (TPSA) is 40.5 Å². The Bertz CT molecular complexity index is 515. The fraction of sp³-hybridized carbons (Fsp3) is 0.250. The highest BCUT2D eigenvalue weighted by Crippen LogP contribution is 2.41. The van der Waals surface area contributed by atoms with E-state index in [-0.39, 0.29) is 5.92 Å². The Labute approximate surface area is 107 Å². The van der Waals surface area contributed by atoms with Crippen LogP contribution >= 0.6 is 0 Å². The summed E-state index contributed by atoms with van der Waals surface area (Å²) in [4.78, 5) is 0. The normalized spacial score (nSPS) is 37.6. The molecule has 18 heavy (non-hydrogen) atoms. The fourth-order valence-electron chi connectivity index (χ4n) is 2.86. The van der Waals surface area contributed by atoms with Gasteiger partial charge in [0.25, 0.3) is 0 Å². The van der Waals surface area contributed by atoms with E-state index < -0.39 is 17.6 Å². The molecule has 0 saturated heterocycles. The third-order valence-corrected chi connectivity index (χ3v) is 3.91. The predicted molar refractivity (Wildman–Crippen MR) is 71.0 cm³/mol. The van der Waals surface area contributed by atoms with Crippen LogP contribution in [0.3, 0.4) is 0 Å². The van der Waals surface area contributed by atoms with Crippen molar-refractivity contribution in [3.63, 3.8) is 0 Å². The van der Waals surface area contributed by atoms with Crippen molar-refractivity contribution in [3.8, 4) is 0 Å². The number of benzene rings is 1. The second kappa shape index (κ2) is 4.23. The lowest BCUT2D eigenvalue weighted by Gasteiger charge is -2.40. The van der Waals surface area contributed by atoms with E-state index in [2.05, 4.69) is 0 Å². The summed E-state index contributed by atoms with van der Waals surface area (Å²) in [6.07, 6.45) is 10.2. The van der Waals surface area contributed by atoms with E-state index in [1.807, 2.05) is 60.7 Å². The van der Waals surface area contributed by atoms with Gasteiger partial charge in [-0.25, -0.2) is 0 Å². The Morgan fingerprint density at radius 1 is 0.889 bits per heavy atom. The second-order valence-electron chi connectivity index (χ2n) is 4.91. The van der Waals surface area contributed by atoms with Crippen molar-refractivity contribution < 1.29 is 10.2 Å². The molecule has 2 aliphatic carbocycles. The van der Waals surface area contributed by atoms with Gasteiger partial charge in [-0.3, -0.25) is 0 Å². The van der Waals surface area contributed by atoms with Crippen molar-refractivity contribution in [1.82, 2.24) is 0 Å². The van der Waals surface area contributed by atoms with Gasteiger partial charge in [0.05, 0.1) is 17.6 Å². The van der Waals surface area contributed by atoms with Crippen molar-refractivity contribution in [2.75, 3.05) is 0 Å². The lowest BCUT2D eigenvalue weighted by molar-refractivity contribution is 0.0229. The zero-order valence-corrected chi connectivity index (χ0v) is 9.98.